The Morgan fingerprint density at radius 2 is 1.86 bits per heavy atom. The first kappa shape index (κ1) is 26.1. The van der Waals surface area contributed by atoms with Crippen LogP contribution in [0.4, 0.5) is 29.1 Å². The molecule has 1 aliphatic carbocycles. The molecule has 4 rings (SSSR count). The number of aromatic nitrogens is 2. The van der Waals surface area contributed by atoms with Gasteiger partial charge in [0.2, 0.25) is 17.7 Å². The molecule has 2 N–H and O–H groups in total. The number of halogens is 4. The number of carbonyl (C=O) groups is 2. The Kier molecular flexibility index (Phi) is 7.70. The molecule has 1 fully saturated rings. The van der Waals surface area contributed by atoms with Gasteiger partial charge in [-0.3, -0.25) is 9.59 Å². The van der Waals surface area contributed by atoms with E-state index in [0.29, 0.717) is 48.5 Å². The Hall–Kier alpha value is -4.02. The second kappa shape index (κ2) is 10.9. The summed E-state index contributed by atoms with van der Waals surface area (Å²) in [6.07, 6.45) is 1.11. The van der Waals surface area contributed by atoms with Crippen LogP contribution in [0.15, 0.2) is 48.8 Å². The third-order valence-electron chi connectivity index (χ3n) is 5.77. The first-order valence-electron chi connectivity index (χ1n) is 11.7. The van der Waals surface area contributed by atoms with E-state index in [0.717, 1.165) is 24.0 Å². The number of pyridine rings is 2. The lowest BCUT2D eigenvalue weighted by Crippen LogP contribution is -2.14. The summed E-state index contributed by atoms with van der Waals surface area (Å²) in [4.78, 5) is 32.5. The molecule has 11 heteroatoms. The van der Waals surface area contributed by atoms with Crippen molar-refractivity contribution in [2.24, 2.45) is 5.92 Å². The number of alkyl halides is 3. The van der Waals surface area contributed by atoms with Gasteiger partial charge in [-0.05, 0) is 68.0 Å². The molecule has 0 radical (unpaired) electrons. The van der Waals surface area contributed by atoms with Gasteiger partial charge in [0.25, 0.3) is 0 Å². The van der Waals surface area contributed by atoms with E-state index in [2.05, 4.69) is 20.6 Å². The van der Waals surface area contributed by atoms with Gasteiger partial charge in [-0.1, -0.05) is 0 Å². The summed E-state index contributed by atoms with van der Waals surface area (Å²) >= 11 is 0. The predicted molar refractivity (Wildman–Crippen MR) is 128 cm³/mol. The number of anilines is 2. The van der Waals surface area contributed by atoms with E-state index >= 15 is 0 Å². The van der Waals surface area contributed by atoms with E-state index in [1.54, 1.807) is 24.4 Å². The van der Waals surface area contributed by atoms with Crippen molar-refractivity contribution >= 4 is 23.3 Å². The number of hydrogen-bond acceptors (Lipinski definition) is 5. The van der Waals surface area contributed by atoms with Crippen LogP contribution in [0.1, 0.15) is 42.4 Å². The molecule has 0 bridgehead atoms. The second-order valence-electron chi connectivity index (χ2n) is 8.79. The summed E-state index contributed by atoms with van der Waals surface area (Å²) in [5, 5.41) is 4.96. The van der Waals surface area contributed by atoms with Gasteiger partial charge in [0.15, 0.2) is 0 Å². The van der Waals surface area contributed by atoms with Crippen LogP contribution in [0, 0.1) is 18.7 Å². The monoisotopic (exact) mass is 516 g/mol. The fourth-order valence-electron chi connectivity index (χ4n) is 3.56. The number of rotatable bonds is 9. The Morgan fingerprint density at radius 1 is 1.08 bits per heavy atom. The van der Waals surface area contributed by atoms with E-state index < -0.39 is 29.2 Å². The van der Waals surface area contributed by atoms with Gasteiger partial charge in [0, 0.05) is 36.9 Å². The van der Waals surface area contributed by atoms with Crippen molar-refractivity contribution in [3.8, 4) is 11.6 Å². The molecule has 2 amide bonds. The maximum Gasteiger partial charge on any atom is 0.416 e. The summed E-state index contributed by atoms with van der Waals surface area (Å²) < 4.78 is 58.1. The summed E-state index contributed by atoms with van der Waals surface area (Å²) in [6.45, 7) is 1.86. The van der Waals surface area contributed by atoms with E-state index in [1.807, 2.05) is 6.92 Å². The molecule has 0 spiro atoms. The average Bonchev–Trinajstić information content (AvgIpc) is 3.67. The number of amides is 2. The normalized spacial score (nSPS) is 13.2. The molecule has 0 atom stereocenters. The first-order valence-corrected chi connectivity index (χ1v) is 11.7. The highest BCUT2D eigenvalue weighted by molar-refractivity contribution is 5.93. The number of hydrogen-bond donors (Lipinski definition) is 2. The highest BCUT2D eigenvalue weighted by atomic mass is 19.4. The molecule has 1 saturated carbocycles. The maximum atomic E-state index is 13.8. The van der Waals surface area contributed by atoms with Crippen LogP contribution < -0.4 is 15.4 Å². The molecule has 0 unspecified atom stereocenters. The van der Waals surface area contributed by atoms with Gasteiger partial charge < -0.3 is 15.4 Å². The molecule has 1 aromatic carbocycles. The molecule has 2 heterocycles. The van der Waals surface area contributed by atoms with Crippen molar-refractivity contribution in [3.05, 3.63) is 71.3 Å². The average molecular weight is 516 g/mol. The Labute approximate surface area is 210 Å². The Balaban J connectivity index is 1.29. The summed E-state index contributed by atoms with van der Waals surface area (Å²) in [7, 11) is 0. The zero-order chi connectivity index (χ0) is 26.6. The molecule has 0 saturated heterocycles. The van der Waals surface area contributed by atoms with Crippen molar-refractivity contribution in [1.82, 2.24) is 9.97 Å². The summed E-state index contributed by atoms with van der Waals surface area (Å²) in [5.41, 5.74) is 0.174. The van der Waals surface area contributed by atoms with Crippen LogP contribution in [0.2, 0.25) is 0 Å². The minimum atomic E-state index is -4.64. The van der Waals surface area contributed by atoms with Gasteiger partial charge in [0.1, 0.15) is 17.4 Å². The van der Waals surface area contributed by atoms with Gasteiger partial charge in [0.05, 0.1) is 11.3 Å². The number of nitrogens with one attached hydrogen (secondary N) is 2. The molecule has 3 aromatic rings. The van der Waals surface area contributed by atoms with Crippen molar-refractivity contribution in [2.45, 2.75) is 45.2 Å². The van der Waals surface area contributed by atoms with Crippen LogP contribution in [0.3, 0.4) is 0 Å². The number of aryl methyl sites for hydroxylation is 2. The Bertz CT molecular complexity index is 1310. The van der Waals surface area contributed by atoms with Gasteiger partial charge in [-0.2, -0.15) is 13.2 Å². The topological polar surface area (TPSA) is 93.2 Å². The lowest BCUT2D eigenvalue weighted by atomic mass is 10.1. The number of benzene rings is 1. The van der Waals surface area contributed by atoms with Crippen molar-refractivity contribution in [3.63, 3.8) is 0 Å². The van der Waals surface area contributed by atoms with Crippen molar-refractivity contribution in [1.29, 1.82) is 0 Å². The fraction of sp³-hybridized carbons (Fsp3) is 0.308. The molecule has 0 aliphatic heterocycles. The number of nitrogens with zero attached hydrogens (tertiary/aromatic N) is 2. The molecule has 2 aromatic heterocycles. The zero-order valence-corrected chi connectivity index (χ0v) is 19.9. The third-order valence-corrected chi connectivity index (χ3v) is 5.77. The van der Waals surface area contributed by atoms with E-state index in [1.165, 1.54) is 6.20 Å². The molecule has 1 aliphatic rings. The van der Waals surface area contributed by atoms with Gasteiger partial charge in [-0.15, -0.1) is 0 Å². The first-order chi connectivity index (χ1) is 17.6. The van der Waals surface area contributed by atoms with Crippen LogP contribution in [0.5, 0.6) is 11.6 Å². The predicted octanol–water partition coefficient (Wildman–Crippen LogP) is 6.05. The van der Waals surface area contributed by atoms with E-state index in [-0.39, 0.29) is 18.2 Å². The largest absolute Gasteiger partial charge is 0.439 e. The van der Waals surface area contributed by atoms with Crippen LogP contribution in [0.25, 0.3) is 0 Å². The zero-order valence-electron chi connectivity index (χ0n) is 19.9. The van der Waals surface area contributed by atoms with Crippen molar-refractivity contribution < 1.29 is 31.9 Å². The molecule has 7 nitrogen and oxygen atoms in total. The standard InChI is InChI=1S/C26H24F4N4O3/c1-15-11-24(37-19-9-10-31-22(13-19)34-25(36)16-5-6-16)32-14-17(15)3-2-4-23(35)33-21-12-18(26(28,29)30)7-8-20(21)27/h7-14,16H,2-6H2,1H3,(H,33,35)(H,31,34,36). The van der Waals surface area contributed by atoms with Crippen LogP contribution in [-0.4, -0.2) is 21.8 Å². The SMILES string of the molecule is Cc1cc(Oc2ccnc(NC(=O)C3CC3)c2)ncc1CCCC(=O)Nc1cc(C(F)(F)F)ccc1F. The van der Waals surface area contributed by atoms with Crippen molar-refractivity contribution in [2.75, 3.05) is 10.6 Å². The quantitative estimate of drug-likeness (QED) is 0.338. The summed E-state index contributed by atoms with van der Waals surface area (Å²) in [5.74, 6) is -0.350. The summed E-state index contributed by atoms with van der Waals surface area (Å²) in [6, 6.07) is 6.85. The minimum absolute atomic E-state index is 0.0141. The molecular weight excluding hydrogens is 492 g/mol. The van der Waals surface area contributed by atoms with E-state index in [9.17, 15) is 27.2 Å². The highest BCUT2D eigenvalue weighted by Gasteiger charge is 2.31. The van der Waals surface area contributed by atoms with E-state index in [4.69, 9.17) is 4.74 Å². The lowest BCUT2D eigenvalue weighted by molar-refractivity contribution is -0.137. The fourth-order valence-corrected chi connectivity index (χ4v) is 3.56. The lowest BCUT2D eigenvalue weighted by Gasteiger charge is -2.12. The van der Waals surface area contributed by atoms with Gasteiger partial charge in [-0.25, -0.2) is 14.4 Å². The second-order valence-corrected chi connectivity index (χ2v) is 8.79. The highest BCUT2D eigenvalue weighted by Crippen LogP contribution is 2.32. The molecule has 194 valence electrons. The van der Waals surface area contributed by atoms with Gasteiger partial charge >= 0.3 is 6.18 Å². The van der Waals surface area contributed by atoms with Crippen LogP contribution >= 0.6 is 0 Å². The van der Waals surface area contributed by atoms with Crippen LogP contribution in [-0.2, 0) is 22.2 Å². The molecular formula is C26H24F4N4O3. The smallest absolute Gasteiger partial charge is 0.416 e. The third kappa shape index (κ3) is 7.25. The minimum Gasteiger partial charge on any atom is -0.439 e. The Morgan fingerprint density at radius 3 is 2.57 bits per heavy atom. The molecule has 37 heavy (non-hydrogen) atoms. The number of ether oxygens (including phenoxy) is 1. The number of carbonyl (C=O) groups excluding carboxylic acids is 2. The maximum absolute atomic E-state index is 13.8.